The van der Waals surface area contributed by atoms with Gasteiger partial charge in [0.15, 0.2) is 6.61 Å². The van der Waals surface area contributed by atoms with Gasteiger partial charge in [-0.1, -0.05) is 6.07 Å². The molecule has 0 aliphatic carbocycles. The first-order chi connectivity index (χ1) is 15.6. The SMILES string of the molecule is Cc1cc(C(=O)NC(C)c2ccc(OCC(F)(F)F)nc2)nc(N=C(N)N=C(N)C(F)(F)F)n1. The number of amides is 1. The first-order valence-electron chi connectivity index (χ1n) is 9.21. The average Bonchev–Trinajstić information content (AvgIpc) is 2.70. The van der Waals surface area contributed by atoms with Gasteiger partial charge in [-0.05, 0) is 25.5 Å². The highest BCUT2D eigenvalue weighted by atomic mass is 19.4. The molecule has 2 aromatic heterocycles. The second-order valence-corrected chi connectivity index (χ2v) is 6.69. The number of aromatic nitrogens is 3. The van der Waals surface area contributed by atoms with Crippen LogP contribution >= 0.6 is 0 Å². The van der Waals surface area contributed by atoms with Crippen molar-refractivity contribution in [3.8, 4) is 5.88 Å². The van der Waals surface area contributed by atoms with Crippen molar-refractivity contribution in [2.45, 2.75) is 32.2 Å². The number of alkyl halides is 6. The smallest absolute Gasteiger partial charge is 0.449 e. The number of carbonyl (C=O) groups is 1. The lowest BCUT2D eigenvalue weighted by Crippen LogP contribution is -2.33. The maximum Gasteiger partial charge on any atom is 0.449 e. The third-order valence-electron chi connectivity index (χ3n) is 3.81. The Balaban J connectivity index is 2.13. The molecule has 0 aromatic carbocycles. The van der Waals surface area contributed by atoms with Gasteiger partial charge in [0.2, 0.25) is 17.7 Å². The molecular weight excluding hydrogens is 474 g/mol. The Hall–Kier alpha value is -3.98. The molecule has 1 unspecified atom stereocenters. The predicted molar refractivity (Wildman–Crippen MR) is 107 cm³/mol. The first kappa shape index (κ1) is 26.3. The van der Waals surface area contributed by atoms with Crippen molar-refractivity contribution < 1.29 is 35.9 Å². The van der Waals surface area contributed by atoms with E-state index >= 15 is 0 Å². The maximum atomic E-state index is 12.6. The summed E-state index contributed by atoms with van der Waals surface area (Å²) in [6.07, 6.45) is -8.20. The van der Waals surface area contributed by atoms with Gasteiger partial charge in [-0.2, -0.15) is 36.3 Å². The van der Waals surface area contributed by atoms with E-state index in [0.717, 1.165) is 0 Å². The number of hydrogen-bond acceptors (Lipinski definition) is 6. The number of nitrogens with zero attached hydrogens (tertiary/aromatic N) is 5. The topological polar surface area (TPSA) is 154 Å². The summed E-state index contributed by atoms with van der Waals surface area (Å²) in [4.78, 5) is 30.4. The summed E-state index contributed by atoms with van der Waals surface area (Å²) >= 11 is 0. The van der Waals surface area contributed by atoms with Crippen LogP contribution in [0, 0.1) is 6.92 Å². The third kappa shape index (κ3) is 8.18. The van der Waals surface area contributed by atoms with Gasteiger partial charge in [0, 0.05) is 18.0 Å². The fourth-order valence-electron chi connectivity index (χ4n) is 2.28. The summed E-state index contributed by atoms with van der Waals surface area (Å²) in [6.45, 7) is 1.56. The van der Waals surface area contributed by atoms with E-state index in [0.29, 0.717) is 5.56 Å². The van der Waals surface area contributed by atoms with Gasteiger partial charge in [-0.3, -0.25) is 4.79 Å². The maximum absolute atomic E-state index is 12.6. The second-order valence-electron chi connectivity index (χ2n) is 6.69. The number of aliphatic imine (C=N–C) groups is 2. The van der Waals surface area contributed by atoms with Crippen LogP contribution in [0.1, 0.15) is 34.7 Å². The molecule has 1 amide bonds. The Bertz CT molecular complexity index is 1080. The molecule has 0 aliphatic rings. The number of rotatable bonds is 6. The van der Waals surface area contributed by atoms with Crippen LogP contribution in [0.15, 0.2) is 34.4 Å². The molecule has 0 radical (unpaired) electrons. The minimum atomic E-state index is -4.91. The molecule has 0 saturated carbocycles. The predicted octanol–water partition coefficient (Wildman–Crippen LogP) is 2.48. The number of aryl methyl sites for hydroxylation is 1. The number of nitrogens with one attached hydrogen (secondary N) is 1. The highest BCUT2D eigenvalue weighted by Gasteiger charge is 2.33. The molecule has 2 rings (SSSR count). The van der Waals surface area contributed by atoms with Crippen molar-refractivity contribution in [3.63, 3.8) is 0 Å². The highest BCUT2D eigenvalue weighted by Crippen LogP contribution is 2.19. The lowest BCUT2D eigenvalue weighted by molar-refractivity contribution is -0.154. The molecule has 0 spiro atoms. The zero-order valence-electron chi connectivity index (χ0n) is 17.6. The van der Waals surface area contributed by atoms with Crippen molar-refractivity contribution >= 4 is 23.7 Å². The number of hydrogen-bond donors (Lipinski definition) is 3. The van der Waals surface area contributed by atoms with Crippen LogP contribution in [0.25, 0.3) is 0 Å². The van der Waals surface area contributed by atoms with Gasteiger partial charge >= 0.3 is 12.4 Å². The second kappa shape index (κ2) is 10.3. The van der Waals surface area contributed by atoms with Crippen LogP contribution in [-0.4, -0.2) is 51.6 Å². The molecule has 0 bridgehead atoms. The molecule has 2 aromatic rings. The van der Waals surface area contributed by atoms with E-state index < -0.39 is 48.7 Å². The number of carbonyl (C=O) groups excluding carboxylic acids is 1. The minimum Gasteiger partial charge on any atom is -0.468 e. The van der Waals surface area contributed by atoms with Crippen molar-refractivity contribution in [1.29, 1.82) is 0 Å². The standard InChI is InChI=1S/C18H18F6N8O2/c1-8-5-11(30-16(28-8)32-15(26)31-14(25)18(22,23)24)13(33)29-9(2)10-3-4-12(27-6-10)34-7-17(19,20)21/h3-6,9H,7H2,1-2H3,(H,29,33)(H4,25,26,28,30,31,32). The van der Waals surface area contributed by atoms with Crippen LogP contribution in [0.2, 0.25) is 0 Å². The van der Waals surface area contributed by atoms with E-state index in [1.54, 1.807) is 6.92 Å². The minimum absolute atomic E-state index is 0.184. The van der Waals surface area contributed by atoms with E-state index in [4.69, 9.17) is 11.5 Å². The fourth-order valence-corrected chi connectivity index (χ4v) is 2.28. The lowest BCUT2D eigenvalue weighted by Gasteiger charge is -2.15. The summed E-state index contributed by atoms with van der Waals surface area (Å²) in [6, 6.07) is 3.26. The molecule has 184 valence electrons. The number of pyridine rings is 1. The molecule has 16 heteroatoms. The molecule has 5 N–H and O–H groups in total. The summed E-state index contributed by atoms with van der Waals surface area (Å²) in [5.41, 5.74) is 10.6. The van der Waals surface area contributed by atoms with Crippen molar-refractivity contribution in [3.05, 3.63) is 41.3 Å². The van der Waals surface area contributed by atoms with Crippen molar-refractivity contribution in [2.24, 2.45) is 21.5 Å². The summed E-state index contributed by atoms with van der Waals surface area (Å²) in [7, 11) is 0. The van der Waals surface area contributed by atoms with E-state index in [2.05, 4.69) is 35.0 Å². The largest absolute Gasteiger partial charge is 0.468 e. The Morgan fingerprint density at radius 1 is 1.18 bits per heavy atom. The van der Waals surface area contributed by atoms with Gasteiger partial charge in [-0.15, -0.1) is 0 Å². The van der Waals surface area contributed by atoms with E-state index in [1.165, 1.54) is 31.3 Å². The Morgan fingerprint density at radius 2 is 1.85 bits per heavy atom. The number of halogens is 6. The molecule has 0 saturated heterocycles. The Morgan fingerprint density at radius 3 is 2.41 bits per heavy atom. The van der Waals surface area contributed by atoms with Crippen LogP contribution < -0.4 is 21.5 Å². The quantitative estimate of drug-likeness (QED) is 0.318. The normalized spacial score (nSPS) is 14.0. The Labute approximate surface area is 188 Å². The van der Waals surface area contributed by atoms with Crippen LogP contribution in [-0.2, 0) is 0 Å². The first-order valence-corrected chi connectivity index (χ1v) is 9.21. The zero-order chi connectivity index (χ0) is 25.7. The molecule has 0 aliphatic heterocycles. The molecular formula is C18H18F6N8O2. The number of guanidine groups is 1. The highest BCUT2D eigenvalue weighted by molar-refractivity contribution is 5.98. The third-order valence-corrected chi connectivity index (χ3v) is 3.81. The van der Waals surface area contributed by atoms with Gasteiger partial charge < -0.3 is 21.5 Å². The van der Waals surface area contributed by atoms with Crippen molar-refractivity contribution in [1.82, 2.24) is 20.3 Å². The monoisotopic (exact) mass is 492 g/mol. The lowest BCUT2D eigenvalue weighted by atomic mass is 10.1. The van der Waals surface area contributed by atoms with E-state index in [9.17, 15) is 31.1 Å². The molecule has 34 heavy (non-hydrogen) atoms. The number of nitrogens with two attached hydrogens (primary N) is 2. The summed E-state index contributed by atoms with van der Waals surface area (Å²) in [5, 5.41) is 2.58. The Kier molecular flexibility index (Phi) is 7.96. The number of ether oxygens (including phenoxy) is 1. The van der Waals surface area contributed by atoms with Gasteiger partial charge in [-0.25, -0.2) is 15.0 Å². The van der Waals surface area contributed by atoms with Gasteiger partial charge in [0.25, 0.3) is 11.9 Å². The molecule has 1 atom stereocenters. The molecule has 10 nitrogen and oxygen atoms in total. The zero-order valence-corrected chi connectivity index (χ0v) is 17.6. The summed E-state index contributed by atoms with van der Waals surface area (Å²) in [5.74, 6) is -3.98. The fraction of sp³-hybridized carbons (Fsp3) is 0.333. The van der Waals surface area contributed by atoms with E-state index in [-0.39, 0.29) is 17.3 Å². The number of amidine groups is 1. The van der Waals surface area contributed by atoms with Gasteiger partial charge in [0.05, 0.1) is 6.04 Å². The van der Waals surface area contributed by atoms with Crippen LogP contribution in [0.3, 0.4) is 0 Å². The molecule has 2 heterocycles. The summed E-state index contributed by atoms with van der Waals surface area (Å²) < 4.78 is 78.4. The van der Waals surface area contributed by atoms with Crippen LogP contribution in [0.5, 0.6) is 5.88 Å². The molecule has 0 fully saturated rings. The average molecular weight is 492 g/mol. The van der Waals surface area contributed by atoms with E-state index in [1.807, 2.05) is 0 Å². The van der Waals surface area contributed by atoms with Gasteiger partial charge in [0.1, 0.15) is 5.69 Å². The van der Waals surface area contributed by atoms with Crippen molar-refractivity contribution in [2.75, 3.05) is 6.61 Å². The van der Waals surface area contributed by atoms with Crippen LogP contribution in [0.4, 0.5) is 32.3 Å².